The number of nitrogens with zero attached hydrogens (tertiary/aromatic N) is 2. The van der Waals surface area contributed by atoms with E-state index in [0.717, 1.165) is 36.3 Å². The second-order valence-corrected chi connectivity index (χ2v) is 5.87. The van der Waals surface area contributed by atoms with E-state index in [0.29, 0.717) is 13.2 Å². The molecule has 5 nitrogen and oxygen atoms in total. The van der Waals surface area contributed by atoms with E-state index >= 15 is 0 Å². The molecule has 1 aromatic heterocycles. The van der Waals surface area contributed by atoms with Gasteiger partial charge in [0, 0.05) is 25.5 Å². The van der Waals surface area contributed by atoms with E-state index in [9.17, 15) is 4.79 Å². The van der Waals surface area contributed by atoms with Gasteiger partial charge < -0.3 is 15.0 Å². The molecule has 5 heteroatoms. The van der Waals surface area contributed by atoms with Crippen LogP contribution in [-0.4, -0.2) is 29.1 Å². The molecule has 2 aromatic rings. The first-order chi connectivity index (χ1) is 11.8. The van der Waals surface area contributed by atoms with Gasteiger partial charge in [0.15, 0.2) is 0 Å². The number of rotatable bonds is 5. The number of urea groups is 1. The van der Waals surface area contributed by atoms with Gasteiger partial charge in [-0.05, 0) is 49.1 Å². The first-order valence-corrected chi connectivity index (χ1v) is 8.44. The topological polar surface area (TPSA) is 54.5 Å². The average molecular weight is 325 g/mol. The first kappa shape index (κ1) is 16.3. The highest BCUT2D eigenvalue weighted by Crippen LogP contribution is 2.32. The summed E-state index contributed by atoms with van der Waals surface area (Å²) in [5.74, 6) is 0.867. The van der Waals surface area contributed by atoms with Gasteiger partial charge in [0.05, 0.1) is 12.6 Å². The van der Waals surface area contributed by atoms with Crippen molar-refractivity contribution in [2.24, 2.45) is 0 Å². The van der Waals surface area contributed by atoms with Crippen molar-refractivity contribution in [3.05, 3.63) is 59.9 Å². The van der Waals surface area contributed by atoms with Crippen molar-refractivity contribution in [2.45, 2.75) is 32.4 Å². The van der Waals surface area contributed by atoms with Crippen LogP contribution < -0.4 is 10.1 Å². The molecular weight excluding hydrogens is 302 g/mol. The quantitative estimate of drug-likeness (QED) is 0.915. The van der Waals surface area contributed by atoms with E-state index in [1.165, 1.54) is 0 Å². The monoisotopic (exact) mass is 325 g/mol. The number of pyridine rings is 1. The van der Waals surface area contributed by atoms with Gasteiger partial charge in [-0.2, -0.15) is 0 Å². The van der Waals surface area contributed by atoms with Crippen molar-refractivity contribution in [1.82, 2.24) is 15.2 Å². The van der Waals surface area contributed by atoms with Gasteiger partial charge in [0.2, 0.25) is 0 Å². The van der Waals surface area contributed by atoms with Crippen LogP contribution in [0.1, 0.15) is 36.9 Å². The summed E-state index contributed by atoms with van der Waals surface area (Å²) in [6, 6.07) is 12.0. The Bertz CT molecular complexity index is 658. The van der Waals surface area contributed by atoms with Crippen LogP contribution in [0.4, 0.5) is 4.79 Å². The minimum Gasteiger partial charge on any atom is -0.494 e. The summed E-state index contributed by atoms with van der Waals surface area (Å²) >= 11 is 0. The molecule has 1 aliphatic rings. The van der Waals surface area contributed by atoms with E-state index in [1.807, 2.05) is 36.1 Å². The Morgan fingerprint density at radius 1 is 1.33 bits per heavy atom. The molecular formula is C19H23N3O2. The highest BCUT2D eigenvalue weighted by Gasteiger charge is 2.29. The Kier molecular flexibility index (Phi) is 5.31. The maximum atomic E-state index is 12.5. The predicted octanol–water partition coefficient (Wildman–Crippen LogP) is 3.53. The summed E-state index contributed by atoms with van der Waals surface area (Å²) in [5.41, 5.74) is 2.16. The predicted molar refractivity (Wildman–Crippen MR) is 92.8 cm³/mol. The van der Waals surface area contributed by atoms with Crippen molar-refractivity contribution >= 4 is 6.03 Å². The van der Waals surface area contributed by atoms with Crippen LogP contribution in [0.25, 0.3) is 0 Å². The van der Waals surface area contributed by atoms with Crippen LogP contribution in [0.15, 0.2) is 48.8 Å². The minimum atomic E-state index is -0.0183. The fourth-order valence-electron chi connectivity index (χ4n) is 3.09. The zero-order chi connectivity index (χ0) is 16.8. The van der Waals surface area contributed by atoms with Gasteiger partial charge in [0.25, 0.3) is 0 Å². The lowest BCUT2D eigenvalue weighted by atomic mass is 10.0. The molecule has 0 bridgehead atoms. The standard InChI is InChI=1S/C19H23N3O2/c1-2-24-17-9-7-16(8-10-17)18-6-4-12-22(18)19(23)21-14-15-5-3-11-20-13-15/h3,5,7-11,13,18H,2,4,6,12,14H2,1H3,(H,21,23). The Balaban J connectivity index is 1.63. The number of likely N-dealkylation sites (tertiary alicyclic amines) is 1. The second kappa shape index (κ2) is 7.81. The minimum absolute atomic E-state index is 0.0183. The molecule has 3 rings (SSSR count). The lowest BCUT2D eigenvalue weighted by Gasteiger charge is -2.25. The molecule has 1 atom stereocenters. The summed E-state index contributed by atoms with van der Waals surface area (Å²) < 4.78 is 5.49. The van der Waals surface area contributed by atoms with E-state index in [4.69, 9.17) is 4.74 Å². The molecule has 24 heavy (non-hydrogen) atoms. The van der Waals surface area contributed by atoms with Crippen LogP contribution in [0.5, 0.6) is 5.75 Å². The van der Waals surface area contributed by atoms with Crippen molar-refractivity contribution in [2.75, 3.05) is 13.2 Å². The number of benzene rings is 1. The second-order valence-electron chi connectivity index (χ2n) is 5.87. The molecule has 1 saturated heterocycles. The number of aromatic nitrogens is 1. The zero-order valence-electron chi connectivity index (χ0n) is 13.9. The average Bonchev–Trinajstić information content (AvgIpc) is 3.11. The number of hydrogen-bond donors (Lipinski definition) is 1. The summed E-state index contributed by atoms with van der Waals surface area (Å²) in [6.07, 6.45) is 5.52. The van der Waals surface area contributed by atoms with Crippen molar-refractivity contribution in [3.63, 3.8) is 0 Å². The van der Waals surface area contributed by atoms with Gasteiger partial charge in [-0.25, -0.2) is 4.79 Å². The molecule has 1 unspecified atom stereocenters. The zero-order valence-corrected chi connectivity index (χ0v) is 13.9. The molecule has 0 radical (unpaired) electrons. The van der Waals surface area contributed by atoms with Crippen molar-refractivity contribution < 1.29 is 9.53 Å². The smallest absolute Gasteiger partial charge is 0.318 e. The molecule has 126 valence electrons. The normalized spacial score (nSPS) is 16.9. The maximum Gasteiger partial charge on any atom is 0.318 e. The molecule has 1 aliphatic heterocycles. The Morgan fingerprint density at radius 3 is 2.88 bits per heavy atom. The Hall–Kier alpha value is -2.56. The first-order valence-electron chi connectivity index (χ1n) is 8.44. The molecule has 1 N–H and O–H groups in total. The SMILES string of the molecule is CCOc1ccc(C2CCCN2C(=O)NCc2cccnc2)cc1. The Labute approximate surface area is 142 Å². The van der Waals surface area contributed by atoms with E-state index in [2.05, 4.69) is 22.4 Å². The molecule has 0 saturated carbocycles. The largest absolute Gasteiger partial charge is 0.494 e. The lowest BCUT2D eigenvalue weighted by molar-refractivity contribution is 0.192. The number of amides is 2. The van der Waals surface area contributed by atoms with Gasteiger partial charge in [-0.3, -0.25) is 4.98 Å². The molecule has 2 heterocycles. The third kappa shape index (κ3) is 3.85. The third-order valence-electron chi connectivity index (χ3n) is 4.26. The maximum absolute atomic E-state index is 12.5. The highest BCUT2D eigenvalue weighted by molar-refractivity contribution is 5.75. The molecule has 0 spiro atoms. The molecule has 2 amide bonds. The van der Waals surface area contributed by atoms with Crippen LogP contribution in [0, 0.1) is 0 Å². The number of hydrogen-bond acceptors (Lipinski definition) is 3. The van der Waals surface area contributed by atoms with Crippen LogP contribution in [0.2, 0.25) is 0 Å². The van der Waals surface area contributed by atoms with Crippen molar-refractivity contribution in [3.8, 4) is 5.75 Å². The van der Waals surface area contributed by atoms with E-state index in [1.54, 1.807) is 12.4 Å². The molecule has 1 aromatic carbocycles. The van der Waals surface area contributed by atoms with Crippen LogP contribution in [-0.2, 0) is 6.54 Å². The third-order valence-corrected chi connectivity index (χ3v) is 4.26. The van der Waals surface area contributed by atoms with Gasteiger partial charge in [-0.1, -0.05) is 18.2 Å². The number of ether oxygens (including phenoxy) is 1. The fraction of sp³-hybridized carbons (Fsp3) is 0.368. The number of carbonyl (C=O) groups excluding carboxylic acids is 1. The Morgan fingerprint density at radius 2 is 2.17 bits per heavy atom. The van der Waals surface area contributed by atoms with E-state index < -0.39 is 0 Å². The van der Waals surface area contributed by atoms with Gasteiger partial charge in [0.1, 0.15) is 5.75 Å². The molecule has 0 aliphatic carbocycles. The van der Waals surface area contributed by atoms with E-state index in [-0.39, 0.29) is 12.1 Å². The highest BCUT2D eigenvalue weighted by atomic mass is 16.5. The summed E-state index contributed by atoms with van der Waals surface area (Å²) in [5, 5.41) is 2.99. The number of carbonyl (C=O) groups is 1. The molecule has 1 fully saturated rings. The van der Waals surface area contributed by atoms with Gasteiger partial charge in [-0.15, -0.1) is 0 Å². The van der Waals surface area contributed by atoms with Gasteiger partial charge >= 0.3 is 6.03 Å². The summed E-state index contributed by atoms with van der Waals surface area (Å²) in [4.78, 5) is 18.5. The number of nitrogens with one attached hydrogen (secondary N) is 1. The summed E-state index contributed by atoms with van der Waals surface area (Å²) in [6.45, 7) is 3.92. The fourth-order valence-corrected chi connectivity index (χ4v) is 3.09. The lowest BCUT2D eigenvalue weighted by Crippen LogP contribution is -2.39. The van der Waals surface area contributed by atoms with Crippen molar-refractivity contribution in [1.29, 1.82) is 0 Å². The van der Waals surface area contributed by atoms with Crippen LogP contribution >= 0.6 is 0 Å². The summed E-state index contributed by atoms with van der Waals surface area (Å²) in [7, 11) is 0. The van der Waals surface area contributed by atoms with Crippen LogP contribution in [0.3, 0.4) is 0 Å².